The molecule has 24 heavy (non-hydrogen) atoms. The first-order valence-corrected chi connectivity index (χ1v) is 8.32. The molecule has 0 spiro atoms. The monoisotopic (exact) mass is 385 g/mol. The zero-order valence-electron chi connectivity index (χ0n) is 13.0. The minimum Gasteiger partial charge on any atom is -0.296 e. The number of carbonyl (C=O) groups is 2. The second kappa shape index (κ2) is 6.97. The Morgan fingerprint density at radius 3 is 2.50 bits per heavy atom. The summed E-state index contributed by atoms with van der Waals surface area (Å²) < 4.78 is 0.961. The number of hydrogen-bond donors (Lipinski definition) is 2. The van der Waals surface area contributed by atoms with Gasteiger partial charge in [-0.2, -0.15) is 0 Å². The van der Waals surface area contributed by atoms with E-state index in [9.17, 15) is 9.59 Å². The Hall–Kier alpha value is -2.47. The third kappa shape index (κ3) is 3.89. The van der Waals surface area contributed by atoms with Gasteiger partial charge in [0.2, 0.25) is 11.9 Å². The second-order valence-corrected chi connectivity index (χ2v) is 6.53. The molecule has 0 saturated heterocycles. The van der Waals surface area contributed by atoms with Crippen LogP contribution in [0.1, 0.15) is 33.9 Å². The van der Waals surface area contributed by atoms with Gasteiger partial charge >= 0.3 is 0 Å². The lowest BCUT2D eigenvalue weighted by Crippen LogP contribution is -2.47. The quantitative estimate of drug-likeness (QED) is 0.833. The van der Waals surface area contributed by atoms with Crippen LogP contribution in [0, 0.1) is 6.92 Å². The van der Waals surface area contributed by atoms with Crippen LogP contribution in [0.3, 0.4) is 0 Å². The molecule has 1 aliphatic rings. The SMILES string of the molecule is Cc1ccc(C(=O)NC2=N[C@H](c3ccc(Br)cc3)CC(=O)N2)cc1. The molecule has 0 aromatic heterocycles. The maximum atomic E-state index is 12.3. The van der Waals surface area contributed by atoms with Crippen molar-refractivity contribution >= 4 is 33.7 Å². The summed E-state index contributed by atoms with van der Waals surface area (Å²) in [6.45, 7) is 1.95. The topological polar surface area (TPSA) is 70.6 Å². The third-order valence-electron chi connectivity index (χ3n) is 3.72. The maximum absolute atomic E-state index is 12.3. The Labute approximate surface area is 148 Å². The fourth-order valence-electron chi connectivity index (χ4n) is 2.42. The van der Waals surface area contributed by atoms with Crippen LogP contribution in [0.25, 0.3) is 0 Å². The number of nitrogens with zero attached hydrogens (tertiary/aromatic N) is 1. The second-order valence-electron chi connectivity index (χ2n) is 5.62. The maximum Gasteiger partial charge on any atom is 0.257 e. The number of hydrogen-bond acceptors (Lipinski definition) is 3. The van der Waals surface area contributed by atoms with Crippen LogP contribution in [-0.2, 0) is 4.79 Å². The molecule has 1 atom stereocenters. The average Bonchev–Trinajstić information content (AvgIpc) is 2.55. The van der Waals surface area contributed by atoms with Crippen molar-refractivity contribution in [2.45, 2.75) is 19.4 Å². The number of halogens is 1. The highest BCUT2D eigenvalue weighted by atomic mass is 79.9. The number of aliphatic imine (C=N–C) groups is 1. The smallest absolute Gasteiger partial charge is 0.257 e. The number of carbonyl (C=O) groups excluding carboxylic acids is 2. The van der Waals surface area contributed by atoms with E-state index in [2.05, 4.69) is 31.6 Å². The molecule has 0 unspecified atom stereocenters. The van der Waals surface area contributed by atoms with Gasteiger partial charge in [-0.25, -0.2) is 4.99 Å². The molecule has 1 aliphatic heterocycles. The van der Waals surface area contributed by atoms with Crippen LogP contribution in [-0.4, -0.2) is 17.8 Å². The van der Waals surface area contributed by atoms with Gasteiger partial charge in [-0.05, 0) is 36.8 Å². The summed E-state index contributed by atoms with van der Waals surface area (Å²) in [5.74, 6) is -0.285. The zero-order chi connectivity index (χ0) is 17.1. The highest BCUT2D eigenvalue weighted by Gasteiger charge is 2.23. The lowest BCUT2D eigenvalue weighted by molar-refractivity contribution is -0.120. The van der Waals surface area contributed by atoms with Crippen molar-refractivity contribution in [1.82, 2.24) is 10.6 Å². The van der Waals surface area contributed by atoms with E-state index in [1.165, 1.54) is 0 Å². The largest absolute Gasteiger partial charge is 0.296 e. The minimum absolute atomic E-state index is 0.169. The van der Waals surface area contributed by atoms with E-state index >= 15 is 0 Å². The molecule has 2 aromatic carbocycles. The van der Waals surface area contributed by atoms with Crippen molar-refractivity contribution in [2.24, 2.45) is 4.99 Å². The number of amides is 2. The van der Waals surface area contributed by atoms with Gasteiger partial charge < -0.3 is 0 Å². The van der Waals surface area contributed by atoms with Gasteiger partial charge in [-0.15, -0.1) is 0 Å². The van der Waals surface area contributed by atoms with Crippen LogP contribution < -0.4 is 10.6 Å². The molecule has 2 aromatic rings. The van der Waals surface area contributed by atoms with Crippen LogP contribution in [0.5, 0.6) is 0 Å². The Balaban J connectivity index is 1.78. The number of aryl methyl sites for hydroxylation is 1. The molecule has 0 fully saturated rings. The first-order valence-electron chi connectivity index (χ1n) is 7.52. The molecule has 1 heterocycles. The van der Waals surface area contributed by atoms with Gasteiger partial charge in [-0.3, -0.25) is 20.2 Å². The van der Waals surface area contributed by atoms with Crippen molar-refractivity contribution in [3.05, 3.63) is 69.7 Å². The lowest BCUT2D eigenvalue weighted by Gasteiger charge is -2.21. The lowest BCUT2D eigenvalue weighted by atomic mass is 10.0. The van der Waals surface area contributed by atoms with Crippen LogP contribution in [0.15, 0.2) is 58.0 Å². The molecule has 0 aliphatic carbocycles. The number of nitrogens with one attached hydrogen (secondary N) is 2. The number of rotatable bonds is 2. The third-order valence-corrected chi connectivity index (χ3v) is 4.25. The normalized spacial score (nSPS) is 17.0. The van der Waals surface area contributed by atoms with E-state index in [1.54, 1.807) is 12.1 Å². The summed E-state index contributed by atoms with van der Waals surface area (Å²) in [4.78, 5) is 28.7. The van der Waals surface area contributed by atoms with Gasteiger partial charge in [0.05, 0.1) is 12.5 Å². The molecular weight excluding hydrogens is 370 g/mol. The summed E-state index contributed by atoms with van der Waals surface area (Å²) in [6.07, 6.45) is 0.255. The molecule has 6 heteroatoms. The molecule has 5 nitrogen and oxygen atoms in total. The summed E-state index contributed by atoms with van der Waals surface area (Å²) in [5.41, 5.74) is 2.52. The Bertz CT molecular complexity index is 798. The Kier molecular flexibility index (Phi) is 4.76. The molecular formula is C18H16BrN3O2. The Morgan fingerprint density at radius 2 is 1.83 bits per heavy atom. The van der Waals surface area contributed by atoms with Gasteiger partial charge in [-0.1, -0.05) is 45.8 Å². The van der Waals surface area contributed by atoms with E-state index in [4.69, 9.17) is 0 Å². The first kappa shape index (κ1) is 16.4. The number of guanidine groups is 1. The molecule has 2 N–H and O–H groups in total. The minimum atomic E-state index is -0.305. The van der Waals surface area contributed by atoms with Crippen molar-refractivity contribution in [2.75, 3.05) is 0 Å². The Morgan fingerprint density at radius 1 is 1.17 bits per heavy atom. The van der Waals surface area contributed by atoms with Gasteiger partial charge in [0.15, 0.2) is 0 Å². The predicted molar refractivity (Wildman–Crippen MR) is 95.7 cm³/mol. The van der Waals surface area contributed by atoms with Gasteiger partial charge in [0.25, 0.3) is 5.91 Å². The molecule has 2 amide bonds. The number of benzene rings is 2. The van der Waals surface area contributed by atoms with Crippen LogP contribution in [0.4, 0.5) is 0 Å². The van der Waals surface area contributed by atoms with Crippen molar-refractivity contribution in [3.8, 4) is 0 Å². The van der Waals surface area contributed by atoms with E-state index in [0.29, 0.717) is 5.56 Å². The molecule has 0 saturated carbocycles. The van der Waals surface area contributed by atoms with Crippen LogP contribution in [0.2, 0.25) is 0 Å². The molecule has 3 rings (SSSR count). The fourth-order valence-corrected chi connectivity index (χ4v) is 2.68. The van der Waals surface area contributed by atoms with E-state index in [0.717, 1.165) is 15.6 Å². The summed E-state index contributed by atoms with van der Waals surface area (Å²) >= 11 is 3.38. The van der Waals surface area contributed by atoms with Crippen molar-refractivity contribution < 1.29 is 9.59 Å². The standard InChI is InChI=1S/C18H16BrN3O2/c1-11-2-4-13(5-3-11)17(24)22-18-20-15(10-16(23)21-18)12-6-8-14(19)9-7-12/h2-9,15H,10H2,1H3,(H2,20,21,22,23,24)/t15-/m0/s1. The van der Waals surface area contributed by atoms with Crippen LogP contribution >= 0.6 is 15.9 Å². The average molecular weight is 386 g/mol. The molecule has 0 bridgehead atoms. The summed E-state index contributed by atoms with van der Waals surface area (Å²) in [5, 5.41) is 5.28. The summed E-state index contributed by atoms with van der Waals surface area (Å²) in [7, 11) is 0. The van der Waals surface area contributed by atoms with E-state index in [-0.39, 0.29) is 30.2 Å². The molecule has 0 radical (unpaired) electrons. The highest BCUT2D eigenvalue weighted by Crippen LogP contribution is 2.24. The van der Waals surface area contributed by atoms with Crippen molar-refractivity contribution in [3.63, 3.8) is 0 Å². The fraction of sp³-hybridized carbons (Fsp3) is 0.167. The first-order chi connectivity index (χ1) is 11.5. The highest BCUT2D eigenvalue weighted by molar-refractivity contribution is 9.10. The van der Waals surface area contributed by atoms with Gasteiger partial charge in [0.1, 0.15) is 0 Å². The van der Waals surface area contributed by atoms with E-state index < -0.39 is 0 Å². The zero-order valence-corrected chi connectivity index (χ0v) is 14.6. The molecule has 122 valence electrons. The summed E-state index contributed by atoms with van der Waals surface area (Å²) in [6, 6.07) is 14.5. The van der Waals surface area contributed by atoms with Crippen molar-refractivity contribution in [1.29, 1.82) is 0 Å². The predicted octanol–water partition coefficient (Wildman–Crippen LogP) is 3.10. The van der Waals surface area contributed by atoms with E-state index in [1.807, 2.05) is 43.3 Å². The van der Waals surface area contributed by atoms with Gasteiger partial charge in [0, 0.05) is 10.0 Å².